The number of nitriles is 1. The number of aliphatic hydroxyl groups is 1. The number of benzene rings is 1. The molecule has 5 heteroatoms. The first kappa shape index (κ1) is 14.1. The highest BCUT2D eigenvalue weighted by Crippen LogP contribution is 2.23. The summed E-state index contributed by atoms with van der Waals surface area (Å²) in [5.74, 6) is 0.630. The molecule has 0 aliphatic rings. The summed E-state index contributed by atoms with van der Waals surface area (Å²) < 4.78 is 7.65. The van der Waals surface area contributed by atoms with Gasteiger partial charge in [0.15, 0.2) is 11.4 Å². The summed E-state index contributed by atoms with van der Waals surface area (Å²) in [6.45, 7) is 0.242. The number of hydrogen-bond donors (Lipinski definition) is 1. The van der Waals surface area contributed by atoms with Crippen LogP contribution in [0.25, 0.3) is 5.65 Å². The Hall–Kier alpha value is -2.84. The molecule has 0 aliphatic carbocycles. The highest BCUT2D eigenvalue weighted by atomic mass is 16.5. The van der Waals surface area contributed by atoms with Crippen molar-refractivity contribution in [3.63, 3.8) is 0 Å². The van der Waals surface area contributed by atoms with Crippen LogP contribution in [0, 0.1) is 11.3 Å². The van der Waals surface area contributed by atoms with Crippen molar-refractivity contribution in [3.05, 3.63) is 65.6 Å². The molecule has 0 saturated heterocycles. The molecule has 0 radical (unpaired) electrons. The maximum Gasteiger partial charge on any atom is 0.180 e. The first-order valence-corrected chi connectivity index (χ1v) is 6.97. The van der Waals surface area contributed by atoms with Crippen LogP contribution >= 0.6 is 0 Å². The molecule has 0 unspecified atom stereocenters. The average molecular weight is 293 g/mol. The molecule has 3 aromatic rings. The van der Waals surface area contributed by atoms with E-state index in [0.29, 0.717) is 29.4 Å². The molecule has 0 atom stereocenters. The van der Waals surface area contributed by atoms with Crippen LogP contribution in [0.4, 0.5) is 0 Å². The SMILES string of the molecule is N#CCc1c(CO)nc2c(OCc3ccccc3)cccn12. The zero-order valence-corrected chi connectivity index (χ0v) is 11.9. The van der Waals surface area contributed by atoms with Crippen molar-refractivity contribution in [2.24, 2.45) is 0 Å². The largest absolute Gasteiger partial charge is 0.485 e. The van der Waals surface area contributed by atoms with Crippen molar-refractivity contribution in [1.29, 1.82) is 5.26 Å². The number of aromatic nitrogens is 2. The molecule has 3 rings (SSSR count). The second kappa shape index (κ2) is 6.29. The smallest absolute Gasteiger partial charge is 0.180 e. The number of pyridine rings is 1. The number of hydrogen-bond acceptors (Lipinski definition) is 4. The van der Waals surface area contributed by atoms with E-state index in [9.17, 15) is 5.11 Å². The molecule has 0 aliphatic heterocycles. The van der Waals surface area contributed by atoms with Crippen molar-refractivity contribution in [2.75, 3.05) is 0 Å². The number of ether oxygens (including phenoxy) is 1. The van der Waals surface area contributed by atoms with Crippen LogP contribution in [0.3, 0.4) is 0 Å². The van der Waals surface area contributed by atoms with Crippen molar-refractivity contribution >= 4 is 5.65 Å². The van der Waals surface area contributed by atoms with Gasteiger partial charge in [-0.1, -0.05) is 30.3 Å². The molecule has 0 spiro atoms. The van der Waals surface area contributed by atoms with E-state index in [4.69, 9.17) is 10.00 Å². The minimum absolute atomic E-state index is 0.194. The minimum Gasteiger partial charge on any atom is -0.485 e. The van der Waals surface area contributed by atoms with E-state index in [1.54, 1.807) is 4.40 Å². The standard InChI is InChI=1S/C17H15N3O2/c18-9-8-15-14(11-21)19-17-16(7-4-10-20(15)17)22-12-13-5-2-1-3-6-13/h1-7,10,21H,8,11-12H2. The molecule has 0 saturated carbocycles. The Morgan fingerprint density at radius 2 is 2.00 bits per heavy atom. The fourth-order valence-corrected chi connectivity index (χ4v) is 2.38. The fraction of sp³-hybridized carbons (Fsp3) is 0.176. The van der Waals surface area contributed by atoms with Gasteiger partial charge in [-0.3, -0.25) is 4.40 Å². The number of fused-ring (bicyclic) bond motifs is 1. The summed E-state index contributed by atoms with van der Waals surface area (Å²) in [5.41, 5.74) is 2.89. The summed E-state index contributed by atoms with van der Waals surface area (Å²) in [4.78, 5) is 4.40. The predicted molar refractivity (Wildman–Crippen MR) is 81.2 cm³/mol. The van der Waals surface area contributed by atoms with Crippen molar-refractivity contribution in [3.8, 4) is 11.8 Å². The first-order valence-electron chi connectivity index (χ1n) is 6.97. The molecule has 2 heterocycles. The van der Waals surface area contributed by atoms with Crippen LogP contribution in [0.15, 0.2) is 48.7 Å². The van der Waals surface area contributed by atoms with Crippen molar-refractivity contribution in [1.82, 2.24) is 9.38 Å². The molecule has 2 aromatic heterocycles. The van der Waals surface area contributed by atoms with Crippen LogP contribution < -0.4 is 4.74 Å². The normalized spacial score (nSPS) is 10.5. The highest BCUT2D eigenvalue weighted by Gasteiger charge is 2.14. The maximum atomic E-state index is 9.42. The van der Waals surface area contributed by atoms with Gasteiger partial charge in [-0.15, -0.1) is 0 Å². The second-order valence-corrected chi connectivity index (χ2v) is 4.84. The highest BCUT2D eigenvalue weighted by molar-refractivity contribution is 5.56. The van der Waals surface area contributed by atoms with E-state index in [1.165, 1.54) is 0 Å². The van der Waals surface area contributed by atoms with E-state index in [-0.39, 0.29) is 13.0 Å². The lowest BCUT2D eigenvalue weighted by molar-refractivity contribution is 0.276. The molecule has 0 bridgehead atoms. The van der Waals surface area contributed by atoms with Crippen LogP contribution in [0.5, 0.6) is 5.75 Å². The average Bonchev–Trinajstić information content (AvgIpc) is 2.93. The van der Waals surface area contributed by atoms with Gasteiger partial charge >= 0.3 is 0 Å². The first-order chi connectivity index (χ1) is 10.8. The van der Waals surface area contributed by atoms with Gasteiger partial charge in [-0.2, -0.15) is 5.26 Å². The quantitative estimate of drug-likeness (QED) is 0.784. The van der Waals surface area contributed by atoms with E-state index < -0.39 is 0 Å². The van der Waals surface area contributed by atoms with Gasteiger partial charge in [-0.05, 0) is 17.7 Å². The predicted octanol–water partition coefficient (Wildman–Crippen LogP) is 2.47. The Balaban J connectivity index is 1.95. The van der Waals surface area contributed by atoms with Gasteiger partial charge in [0.05, 0.1) is 30.5 Å². The van der Waals surface area contributed by atoms with Gasteiger partial charge in [0.1, 0.15) is 6.61 Å². The Kier molecular flexibility index (Phi) is 4.03. The lowest BCUT2D eigenvalue weighted by atomic mass is 10.2. The van der Waals surface area contributed by atoms with E-state index in [1.807, 2.05) is 48.7 Å². The van der Waals surface area contributed by atoms with E-state index in [2.05, 4.69) is 11.1 Å². The summed E-state index contributed by atoms with van der Waals surface area (Å²) in [5, 5.41) is 18.4. The van der Waals surface area contributed by atoms with Crippen molar-refractivity contribution in [2.45, 2.75) is 19.6 Å². The molecule has 110 valence electrons. The maximum absolute atomic E-state index is 9.42. The van der Waals surface area contributed by atoms with Crippen LogP contribution in [0.2, 0.25) is 0 Å². The Labute approximate surface area is 128 Å². The Morgan fingerprint density at radius 1 is 1.18 bits per heavy atom. The summed E-state index contributed by atoms with van der Waals surface area (Å²) in [7, 11) is 0. The van der Waals surface area contributed by atoms with Crippen LogP contribution in [-0.2, 0) is 19.6 Å². The molecular weight excluding hydrogens is 278 g/mol. The van der Waals surface area contributed by atoms with E-state index >= 15 is 0 Å². The molecule has 1 N–H and O–H groups in total. The number of rotatable bonds is 5. The zero-order chi connectivity index (χ0) is 15.4. The number of nitrogens with zero attached hydrogens (tertiary/aromatic N) is 3. The third-order valence-electron chi connectivity index (χ3n) is 3.43. The summed E-state index contributed by atoms with van der Waals surface area (Å²) in [6, 6.07) is 15.6. The third-order valence-corrected chi connectivity index (χ3v) is 3.43. The zero-order valence-electron chi connectivity index (χ0n) is 11.9. The summed E-state index contributed by atoms with van der Waals surface area (Å²) >= 11 is 0. The second-order valence-electron chi connectivity index (χ2n) is 4.84. The van der Waals surface area contributed by atoms with Crippen LogP contribution in [0.1, 0.15) is 17.0 Å². The molecule has 1 aromatic carbocycles. The molecular formula is C17H15N3O2. The summed E-state index contributed by atoms with van der Waals surface area (Å²) in [6.07, 6.45) is 2.02. The molecule has 0 amide bonds. The van der Waals surface area contributed by atoms with Crippen LogP contribution in [-0.4, -0.2) is 14.5 Å². The molecule has 0 fully saturated rings. The van der Waals surface area contributed by atoms with Gasteiger partial charge in [-0.25, -0.2) is 4.98 Å². The fourth-order valence-electron chi connectivity index (χ4n) is 2.38. The van der Waals surface area contributed by atoms with Gasteiger partial charge in [0.2, 0.25) is 0 Å². The Bertz CT molecular complexity index is 819. The number of imidazole rings is 1. The van der Waals surface area contributed by atoms with Gasteiger partial charge < -0.3 is 9.84 Å². The van der Waals surface area contributed by atoms with Crippen molar-refractivity contribution < 1.29 is 9.84 Å². The Morgan fingerprint density at radius 3 is 2.73 bits per heavy atom. The molecule has 5 nitrogen and oxygen atoms in total. The minimum atomic E-state index is -0.198. The van der Waals surface area contributed by atoms with Gasteiger partial charge in [0, 0.05) is 6.20 Å². The topological polar surface area (TPSA) is 70.5 Å². The monoisotopic (exact) mass is 293 g/mol. The lowest BCUT2D eigenvalue weighted by Crippen LogP contribution is -1.99. The molecule has 22 heavy (non-hydrogen) atoms. The van der Waals surface area contributed by atoms with Gasteiger partial charge in [0.25, 0.3) is 0 Å². The number of aliphatic hydroxyl groups excluding tert-OH is 1. The van der Waals surface area contributed by atoms with E-state index in [0.717, 1.165) is 5.56 Å². The lowest BCUT2D eigenvalue weighted by Gasteiger charge is -2.07. The third kappa shape index (κ3) is 2.65.